The normalized spacial score (nSPS) is 16.1. The smallest absolute Gasteiger partial charge is 0.399 e. The molecular weight excluding hydrogens is 779 g/mol. The molecule has 6 aromatic carbocycles. The van der Waals surface area contributed by atoms with Crippen LogP contribution < -0.4 is 5.46 Å². The lowest BCUT2D eigenvalue weighted by Gasteiger charge is -2.35. The number of nitrogens with zero attached hydrogens (tertiary/aromatic N) is 2. The molecule has 0 N–H and O–H groups in total. The summed E-state index contributed by atoms with van der Waals surface area (Å²) in [5.41, 5.74) is 17.1. The van der Waals surface area contributed by atoms with E-state index in [1.807, 2.05) is 24.5 Å². The highest BCUT2D eigenvalue weighted by Crippen LogP contribution is 2.44. The summed E-state index contributed by atoms with van der Waals surface area (Å²) in [5.74, 6) is 0. The minimum Gasteiger partial charge on any atom is -0.399 e. The fraction of sp³-hybridized carbons (Fsp3) is 0.153. The molecule has 64 heavy (non-hydrogen) atoms. The van der Waals surface area contributed by atoms with Crippen LogP contribution in [-0.4, -0.2) is 28.3 Å². The molecule has 2 aromatic heterocycles. The molecule has 8 aromatic rings. The Labute approximate surface area is 379 Å². The van der Waals surface area contributed by atoms with E-state index in [1.54, 1.807) is 0 Å². The highest BCUT2D eigenvalue weighted by molar-refractivity contribution is 6.62. The van der Waals surface area contributed by atoms with Crippen molar-refractivity contribution < 1.29 is 9.31 Å². The molecule has 0 saturated carbocycles. The first-order chi connectivity index (χ1) is 31.2. The van der Waals surface area contributed by atoms with Crippen LogP contribution in [0, 0.1) is 0 Å². The van der Waals surface area contributed by atoms with Crippen molar-refractivity contribution in [1.82, 2.24) is 9.97 Å². The lowest BCUT2D eigenvalue weighted by molar-refractivity contribution is -0.0118. The second-order valence-corrected chi connectivity index (χ2v) is 17.2. The molecule has 9 rings (SSSR count). The molecule has 0 radical (unpaired) electrons. The fourth-order valence-corrected chi connectivity index (χ4v) is 8.97. The highest BCUT2D eigenvalue weighted by Gasteiger charge is 2.53. The van der Waals surface area contributed by atoms with Crippen LogP contribution in [0.5, 0.6) is 0 Å². The molecule has 1 fully saturated rings. The minimum atomic E-state index is -0.573. The molecule has 1 atom stereocenters. The van der Waals surface area contributed by atoms with Crippen LogP contribution in [0.3, 0.4) is 0 Å². The number of allylic oxidation sites excluding steroid dienone is 4. The number of pyridine rings is 2. The molecule has 314 valence electrons. The van der Waals surface area contributed by atoms with E-state index in [-0.39, 0.29) is 0 Å². The summed E-state index contributed by atoms with van der Waals surface area (Å²) < 4.78 is 13.8. The lowest BCUT2D eigenvalue weighted by Crippen LogP contribution is -2.44. The minimum absolute atomic E-state index is 0.475. The van der Waals surface area contributed by atoms with Crippen molar-refractivity contribution in [3.05, 3.63) is 206 Å². The van der Waals surface area contributed by atoms with Gasteiger partial charge in [0.05, 0.1) is 22.6 Å². The zero-order chi connectivity index (χ0) is 44.3. The van der Waals surface area contributed by atoms with Crippen LogP contribution in [0.15, 0.2) is 200 Å². The summed E-state index contributed by atoms with van der Waals surface area (Å²) >= 11 is 0. The van der Waals surface area contributed by atoms with Crippen LogP contribution >= 0.6 is 0 Å². The Kier molecular flexibility index (Phi) is 12.0. The predicted molar refractivity (Wildman–Crippen MR) is 269 cm³/mol. The van der Waals surface area contributed by atoms with Gasteiger partial charge in [0.15, 0.2) is 0 Å². The molecule has 1 aliphatic heterocycles. The van der Waals surface area contributed by atoms with Crippen molar-refractivity contribution in [1.29, 1.82) is 0 Å². The van der Waals surface area contributed by atoms with Gasteiger partial charge in [-0.25, -0.2) is 0 Å². The Morgan fingerprint density at radius 3 is 1.50 bits per heavy atom. The van der Waals surface area contributed by atoms with Crippen molar-refractivity contribution in [2.45, 2.75) is 59.2 Å². The van der Waals surface area contributed by atoms with E-state index in [0.717, 1.165) is 101 Å². The fourth-order valence-electron chi connectivity index (χ4n) is 8.97. The topological polar surface area (TPSA) is 44.2 Å². The first kappa shape index (κ1) is 42.4. The van der Waals surface area contributed by atoms with Gasteiger partial charge in [0.2, 0.25) is 0 Å². The summed E-state index contributed by atoms with van der Waals surface area (Å²) in [4.78, 5) is 10.2. The van der Waals surface area contributed by atoms with Crippen LogP contribution in [0.1, 0.15) is 53.5 Å². The van der Waals surface area contributed by atoms with E-state index in [4.69, 9.17) is 19.3 Å². The summed E-state index contributed by atoms with van der Waals surface area (Å²) in [5, 5.41) is 0. The maximum absolute atomic E-state index is 6.93. The molecule has 0 amide bonds. The van der Waals surface area contributed by atoms with Gasteiger partial charge in [-0.15, -0.1) is 0 Å². The van der Waals surface area contributed by atoms with Crippen LogP contribution in [0.4, 0.5) is 0 Å². The Morgan fingerprint density at radius 2 is 0.984 bits per heavy atom. The van der Waals surface area contributed by atoms with E-state index in [2.05, 4.69) is 217 Å². The third-order valence-electron chi connectivity index (χ3n) is 13.0. The zero-order valence-corrected chi connectivity index (χ0v) is 37.5. The number of hydrogen-bond acceptors (Lipinski definition) is 4. The van der Waals surface area contributed by atoms with Gasteiger partial charge in [-0.05, 0) is 120 Å². The number of benzene rings is 6. The Balaban J connectivity index is 1.26. The molecular formula is C59H53BN2O2. The van der Waals surface area contributed by atoms with Gasteiger partial charge in [-0.3, -0.25) is 9.97 Å². The molecule has 3 heterocycles. The number of hydrogen-bond donors (Lipinski definition) is 0. The maximum Gasteiger partial charge on any atom is 0.494 e. The van der Waals surface area contributed by atoms with Crippen LogP contribution in [0.2, 0.25) is 0 Å². The van der Waals surface area contributed by atoms with Crippen molar-refractivity contribution in [3.8, 4) is 78.1 Å². The summed E-state index contributed by atoms with van der Waals surface area (Å²) in [6, 6.07) is 60.1. The monoisotopic (exact) mass is 832 g/mol. The van der Waals surface area contributed by atoms with Gasteiger partial charge >= 0.3 is 7.12 Å². The Hall–Kier alpha value is -6.92. The maximum atomic E-state index is 6.93. The average molecular weight is 833 g/mol. The Morgan fingerprint density at radius 1 is 0.500 bits per heavy atom. The van der Waals surface area contributed by atoms with Crippen molar-refractivity contribution >= 4 is 18.2 Å². The largest absolute Gasteiger partial charge is 0.494 e. The van der Waals surface area contributed by atoms with Gasteiger partial charge in [0, 0.05) is 34.6 Å². The van der Waals surface area contributed by atoms with E-state index >= 15 is 0 Å². The Bertz CT molecular complexity index is 3000. The third-order valence-corrected chi connectivity index (χ3v) is 13.0. The molecule has 5 heteroatoms. The lowest BCUT2D eigenvalue weighted by atomic mass is 9.75. The second-order valence-electron chi connectivity index (χ2n) is 17.2. The number of rotatable bonds is 11. The molecule has 1 unspecified atom stereocenters. The van der Waals surface area contributed by atoms with Crippen LogP contribution in [0.25, 0.3) is 83.7 Å². The van der Waals surface area contributed by atoms with Gasteiger partial charge in [0.1, 0.15) is 0 Å². The van der Waals surface area contributed by atoms with E-state index in [9.17, 15) is 0 Å². The van der Waals surface area contributed by atoms with Crippen molar-refractivity contribution in [2.75, 3.05) is 0 Å². The zero-order valence-electron chi connectivity index (χ0n) is 37.5. The van der Waals surface area contributed by atoms with E-state index in [0.29, 0.717) is 0 Å². The first-order valence-corrected chi connectivity index (χ1v) is 22.4. The standard InChI is InChI=1S/C59H53BN2O2/c1-7-23-41(8-2)52-37-56(43-26-15-11-16-27-43)61-39-54(52)50-32-21-19-30-48(50)45-34-46(36-47(35-45)60-63-58(4,5)59(6,9-3)64-60)49-31-20-22-33-51(49)55-40-62-57(44-28-17-12-18-29-44)38-53(55)42-24-13-10-14-25-42/h7-8,10-40H,9H2,1-6H3/b23-7-,41-8+. The molecule has 0 aliphatic carbocycles. The second kappa shape index (κ2) is 18.1. The average Bonchev–Trinajstić information content (AvgIpc) is 3.61. The third kappa shape index (κ3) is 8.21. The number of aromatic nitrogens is 2. The van der Waals surface area contributed by atoms with Gasteiger partial charge < -0.3 is 9.31 Å². The first-order valence-electron chi connectivity index (χ1n) is 22.4. The highest BCUT2D eigenvalue weighted by atomic mass is 16.7. The SMILES string of the molecule is C/C=C\C(=C/C)c1cc(-c2ccccc2)ncc1-c1ccccc1-c1cc(B2OC(C)(C)C(C)(CC)O2)cc(-c2ccccc2-c2cnc(-c3ccccc3)cc2-c2ccccc2)c1. The molecule has 1 saturated heterocycles. The summed E-state index contributed by atoms with van der Waals surface area (Å²) in [6.45, 7) is 12.8. The predicted octanol–water partition coefficient (Wildman–Crippen LogP) is 14.8. The van der Waals surface area contributed by atoms with Gasteiger partial charge in [0.25, 0.3) is 0 Å². The summed E-state index contributed by atoms with van der Waals surface area (Å²) in [6.07, 6.45) is 11.4. The van der Waals surface area contributed by atoms with Gasteiger partial charge in [-0.2, -0.15) is 0 Å². The van der Waals surface area contributed by atoms with Crippen molar-refractivity contribution in [3.63, 3.8) is 0 Å². The van der Waals surface area contributed by atoms with Crippen LogP contribution in [-0.2, 0) is 9.31 Å². The quantitative estimate of drug-likeness (QED) is 0.0962. The molecule has 0 bridgehead atoms. The molecule has 4 nitrogen and oxygen atoms in total. The summed E-state index contributed by atoms with van der Waals surface area (Å²) in [7, 11) is -0.573. The van der Waals surface area contributed by atoms with E-state index in [1.165, 1.54) is 0 Å². The van der Waals surface area contributed by atoms with Crippen molar-refractivity contribution in [2.24, 2.45) is 0 Å². The molecule has 0 spiro atoms. The molecule has 1 aliphatic rings. The van der Waals surface area contributed by atoms with E-state index < -0.39 is 18.3 Å². The van der Waals surface area contributed by atoms with Gasteiger partial charge in [-0.1, -0.05) is 177 Å².